The molecule has 3 heteroatoms. The summed E-state index contributed by atoms with van der Waals surface area (Å²) in [5.74, 6) is 0. The van der Waals surface area contributed by atoms with E-state index in [2.05, 4.69) is 29.2 Å². The molecule has 0 fully saturated rings. The van der Waals surface area contributed by atoms with E-state index in [-0.39, 0.29) is 0 Å². The number of hydrogen-bond acceptors (Lipinski definition) is 2. The van der Waals surface area contributed by atoms with Crippen molar-refractivity contribution in [1.82, 2.24) is 14.7 Å². The van der Waals surface area contributed by atoms with Crippen LogP contribution in [-0.4, -0.2) is 27.8 Å². The third-order valence-corrected chi connectivity index (χ3v) is 3.84. The monoisotopic (exact) mass is 261 g/mol. The van der Waals surface area contributed by atoms with Gasteiger partial charge in [0.05, 0.1) is 6.20 Å². The lowest BCUT2D eigenvalue weighted by Crippen LogP contribution is -2.25. The van der Waals surface area contributed by atoms with Crippen LogP contribution in [0.1, 0.15) is 51.0 Å². The van der Waals surface area contributed by atoms with E-state index in [0.29, 0.717) is 0 Å². The minimum atomic E-state index is 1.04. The van der Waals surface area contributed by atoms with E-state index < -0.39 is 0 Å². The number of aromatic nitrogens is 2. The van der Waals surface area contributed by atoms with Crippen LogP contribution >= 0.6 is 0 Å². The molecule has 0 bridgehead atoms. The molecule has 1 aromatic rings. The van der Waals surface area contributed by atoms with Crippen molar-refractivity contribution >= 4 is 0 Å². The number of nitrogens with zero attached hydrogens (tertiary/aromatic N) is 3. The summed E-state index contributed by atoms with van der Waals surface area (Å²) in [5, 5.41) is 4.26. The molecule has 19 heavy (non-hydrogen) atoms. The molecule has 2 rings (SSSR count). The van der Waals surface area contributed by atoms with E-state index >= 15 is 0 Å². The molecule has 106 valence electrons. The van der Waals surface area contributed by atoms with Crippen molar-refractivity contribution in [3.63, 3.8) is 0 Å². The zero-order valence-corrected chi connectivity index (χ0v) is 12.4. The Morgan fingerprint density at radius 2 is 2.21 bits per heavy atom. The number of allylic oxidation sites excluding steroid dienone is 1. The fraction of sp³-hybridized carbons (Fsp3) is 0.688. The Kier molecular flexibility index (Phi) is 5.64. The highest BCUT2D eigenvalue weighted by Gasteiger charge is 2.09. The Morgan fingerprint density at radius 3 is 2.84 bits per heavy atom. The lowest BCUT2D eigenvalue weighted by Gasteiger charge is -2.22. The Balaban J connectivity index is 1.83. The molecule has 0 aromatic carbocycles. The Morgan fingerprint density at radius 1 is 1.32 bits per heavy atom. The van der Waals surface area contributed by atoms with E-state index in [1.165, 1.54) is 57.2 Å². The van der Waals surface area contributed by atoms with Crippen LogP contribution in [0.4, 0.5) is 0 Å². The number of rotatable bonds is 7. The average Bonchev–Trinajstić information content (AvgIpc) is 2.83. The summed E-state index contributed by atoms with van der Waals surface area (Å²) in [4.78, 5) is 2.56. The predicted molar refractivity (Wildman–Crippen MR) is 79.9 cm³/mol. The molecule has 0 spiro atoms. The molecule has 0 saturated heterocycles. The van der Waals surface area contributed by atoms with Gasteiger partial charge >= 0.3 is 0 Å². The molecular formula is C16H27N3. The van der Waals surface area contributed by atoms with Crippen molar-refractivity contribution in [2.75, 3.05) is 13.1 Å². The first-order valence-corrected chi connectivity index (χ1v) is 7.65. The number of hydrogen-bond donors (Lipinski definition) is 0. The summed E-state index contributed by atoms with van der Waals surface area (Å²) in [6.45, 7) is 5.67. The lowest BCUT2D eigenvalue weighted by molar-refractivity contribution is 0.267. The summed E-state index contributed by atoms with van der Waals surface area (Å²) < 4.78 is 1.89. The molecule has 1 aliphatic rings. The zero-order valence-electron chi connectivity index (χ0n) is 12.4. The van der Waals surface area contributed by atoms with Crippen LogP contribution in [0.25, 0.3) is 0 Å². The fourth-order valence-corrected chi connectivity index (χ4v) is 2.83. The van der Waals surface area contributed by atoms with E-state index in [9.17, 15) is 0 Å². The van der Waals surface area contributed by atoms with Crippen molar-refractivity contribution in [2.24, 2.45) is 7.05 Å². The smallest absolute Gasteiger partial charge is 0.0534 e. The van der Waals surface area contributed by atoms with Crippen molar-refractivity contribution in [1.29, 1.82) is 0 Å². The van der Waals surface area contributed by atoms with E-state index in [1.807, 2.05) is 17.9 Å². The molecule has 1 heterocycles. The highest BCUT2D eigenvalue weighted by atomic mass is 15.2. The third-order valence-electron chi connectivity index (χ3n) is 3.84. The molecule has 1 aliphatic carbocycles. The Labute approximate surface area is 117 Å². The maximum atomic E-state index is 4.26. The second-order valence-electron chi connectivity index (χ2n) is 5.66. The summed E-state index contributed by atoms with van der Waals surface area (Å²) in [6.07, 6.45) is 14.5. The maximum Gasteiger partial charge on any atom is 0.0534 e. The van der Waals surface area contributed by atoms with Gasteiger partial charge in [0.25, 0.3) is 0 Å². The van der Waals surface area contributed by atoms with Gasteiger partial charge in [-0.05, 0) is 45.1 Å². The van der Waals surface area contributed by atoms with Crippen LogP contribution in [0, 0.1) is 0 Å². The van der Waals surface area contributed by atoms with Crippen LogP contribution in [0.2, 0.25) is 0 Å². The van der Waals surface area contributed by atoms with Crippen molar-refractivity contribution in [3.05, 3.63) is 29.6 Å². The third kappa shape index (κ3) is 4.83. The Bertz CT molecular complexity index is 406. The first-order chi connectivity index (χ1) is 9.28. The van der Waals surface area contributed by atoms with Crippen LogP contribution in [-0.2, 0) is 13.6 Å². The second kappa shape index (κ2) is 7.49. The lowest BCUT2D eigenvalue weighted by atomic mass is 9.97. The molecule has 1 aromatic heterocycles. The average molecular weight is 261 g/mol. The van der Waals surface area contributed by atoms with Crippen molar-refractivity contribution in [2.45, 2.75) is 52.0 Å². The van der Waals surface area contributed by atoms with Crippen LogP contribution in [0.3, 0.4) is 0 Å². The molecule has 3 nitrogen and oxygen atoms in total. The molecule has 0 radical (unpaired) electrons. The summed E-state index contributed by atoms with van der Waals surface area (Å²) in [7, 11) is 1.99. The molecule has 0 amide bonds. The molecule has 0 unspecified atom stereocenters. The van der Waals surface area contributed by atoms with Gasteiger partial charge in [0.1, 0.15) is 0 Å². The van der Waals surface area contributed by atoms with Gasteiger partial charge in [-0.15, -0.1) is 0 Å². The van der Waals surface area contributed by atoms with E-state index in [4.69, 9.17) is 0 Å². The molecule has 0 atom stereocenters. The summed E-state index contributed by atoms with van der Waals surface area (Å²) in [5.41, 5.74) is 3.01. The molecule has 0 saturated carbocycles. The topological polar surface area (TPSA) is 21.1 Å². The van der Waals surface area contributed by atoms with Crippen LogP contribution < -0.4 is 0 Å². The SMILES string of the molecule is CCCN(CCC1=CCCCC1)Cc1cnn(C)c1. The summed E-state index contributed by atoms with van der Waals surface area (Å²) >= 11 is 0. The normalized spacial score (nSPS) is 15.8. The van der Waals surface area contributed by atoms with Gasteiger partial charge in [-0.2, -0.15) is 5.10 Å². The minimum Gasteiger partial charge on any atom is -0.299 e. The highest BCUT2D eigenvalue weighted by Crippen LogP contribution is 2.20. The van der Waals surface area contributed by atoms with Gasteiger partial charge in [0.15, 0.2) is 0 Å². The molecular weight excluding hydrogens is 234 g/mol. The highest BCUT2D eigenvalue weighted by molar-refractivity contribution is 5.06. The van der Waals surface area contributed by atoms with Gasteiger partial charge in [-0.25, -0.2) is 0 Å². The van der Waals surface area contributed by atoms with Crippen LogP contribution in [0.5, 0.6) is 0 Å². The van der Waals surface area contributed by atoms with E-state index in [0.717, 1.165) is 6.54 Å². The fourth-order valence-electron chi connectivity index (χ4n) is 2.83. The van der Waals surface area contributed by atoms with Gasteiger partial charge in [0, 0.05) is 31.9 Å². The zero-order chi connectivity index (χ0) is 13.5. The molecule has 0 aliphatic heterocycles. The van der Waals surface area contributed by atoms with Crippen molar-refractivity contribution in [3.8, 4) is 0 Å². The minimum absolute atomic E-state index is 1.04. The van der Waals surface area contributed by atoms with Gasteiger partial charge < -0.3 is 0 Å². The van der Waals surface area contributed by atoms with Crippen molar-refractivity contribution < 1.29 is 0 Å². The summed E-state index contributed by atoms with van der Waals surface area (Å²) in [6, 6.07) is 0. The predicted octanol–water partition coefficient (Wildman–Crippen LogP) is 3.52. The van der Waals surface area contributed by atoms with Gasteiger partial charge in [-0.3, -0.25) is 9.58 Å². The number of aryl methyl sites for hydroxylation is 1. The molecule has 0 N–H and O–H groups in total. The first kappa shape index (κ1) is 14.3. The van der Waals surface area contributed by atoms with Gasteiger partial charge in [-0.1, -0.05) is 18.6 Å². The maximum absolute atomic E-state index is 4.26. The van der Waals surface area contributed by atoms with Crippen LogP contribution in [0.15, 0.2) is 24.0 Å². The first-order valence-electron chi connectivity index (χ1n) is 7.65. The quantitative estimate of drug-likeness (QED) is 0.700. The second-order valence-corrected chi connectivity index (χ2v) is 5.66. The van der Waals surface area contributed by atoms with Gasteiger partial charge in [0.2, 0.25) is 0 Å². The Hall–Kier alpha value is -1.09. The van der Waals surface area contributed by atoms with E-state index in [1.54, 1.807) is 5.57 Å². The largest absolute Gasteiger partial charge is 0.299 e. The standard InChI is InChI=1S/C16H27N3/c1-3-10-19(14-16-12-17-18(2)13-16)11-9-15-7-5-4-6-8-15/h7,12-13H,3-6,8-11,14H2,1-2H3.